The van der Waals surface area contributed by atoms with Crippen LogP contribution in [0.2, 0.25) is 5.02 Å². The van der Waals surface area contributed by atoms with Crippen LogP contribution in [0.15, 0.2) is 41.3 Å². The van der Waals surface area contributed by atoms with Gasteiger partial charge < -0.3 is 5.11 Å². The maximum Gasteiger partial charge on any atom is 0.242 e. The summed E-state index contributed by atoms with van der Waals surface area (Å²) in [7, 11) is -3.85. The van der Waals surface area contributed by atoms with Crippen LogP contribution in [-0.2, 0) is 16.6 Å². The number of benzene rings is 2. The van der Waals surface area contributed by atoms with Gasteiger partial charge in [-0.1, -0.05) is 23.7 Å². The van der Waals surface area contributed by atoms with Gasteiger partial charge in [0.1, 0.15) is 16.5 Å². The summed E-state index contributed by atoms with van der Waals surface area (Å²) in [5.41, 5.74) is 1.20. The zero-order chi connectivity index (χ0) is 19.6. The minimum Gasteiger partial charge on any atom is -0.508 e. The number of hydrogen-bond donors (Lipinski definition) is 2. The molecule has 2 N–H and O–H groups in total. The van der Waals surface area contributed by atoms with Crippen LogP contribution in [0.25, 0.3) is 0 Å². The zero-order valence-corrected chi connectivity index (χ0v) is 16.5. The topological polar surface area (TPSA) is 69.6 Å². The Kier molecular flexibility index (Phi) is 6.05. The van der Waals surface area contributed by atoms with Gasteiger partial charge in [0.2, 0.25) is 10.0 Å². The molecule has 8 heteroatoms. The van der Waals surface area contributed by atoms with Crippen LogP contribution in [0.4, 0.5) is 4.39 Å². The Bertz CT molecular complexity index is 937. The van der Waals surface area contributed by atoms with Crippen molar-refractivity contribution in [3.63, 3.8) is 0 Å². The molecule has 2 aromatic rings. The molecule has 2 aromatic carbocycles. The normalized spacial score (nSPS) is 18.6. The second-order valence-electron chi connectivity index (χ2n) is 6.90. The molecule has 1 unspecified atom stereocenters. The Morgan fingerprint density at radius 1 is 1.33 bits per heavy atom. The van der Waals surface area contributed by atoms with Crippen LogP contribution >= 0.6 is 11.6 Å². The largest absolute Gasteiger partial charge is 0.508 e. The number of sulfonamides is 1. The van der Waals surface area contributed by atoms with Crippen molar-refractivity contribution in [1.29, 1.82) is 0 Å². The molecule has 0 saturated carbocycles. The van der Waals surface area contributed by atoms with E-state index < -0.39 is 15.8 Å². The van der Waals surface area contributed by atoms with Crippen molar-refractivity contribution in [3.05, 3.63) is 58.4 Å². The molecule has 27 heavy (non-hydrogen) atoms. The SMILES string of the molecule is Cc1cc(S(=O)(=O)NC2CCCN(Cc3cccc(O)c3)C2)c(Cl)cc1F. The smallest absolute Gasteiger partial charge is 0.242 e. The molecule has 1 atom stereocenters. The molecule has 1 saturated heterocycles. The van der Waals surface area contributed by atoms with Gasteiger partial charge in [-0.15, -0.1) is 0 Å². The van der Waals surface area contributed by atoms with Crippen molar-refractivity contribution in [2.24, 2.45) is 0 Å². The third-order valence-electron chi connectivity index (χ3n) is 4.65. The number of phenolic OH excluding ortho intramolecular Hbond substituents is 1. The number of aryl methyl sites for hydroxylation is 1. The van der Waals surface area contributed by atoms with Gasteiger partial charge in [0.05, 0.1) is 5.02 Å². The third-order valence-corrected chi connectivity index (χ3v) is 6.63. The van der Waals surface area contributed by atoms with Gasteiger partial charge in [0.25, 0.3) is 0 Å². The second kappa shape index (κ2) is 8.14. The van der Waals surface area contributed by atoms with Crippen molar-refractivity contribution in [3.8, 4) is 5.75 Å². The summed E-state index contributed by atoms with van der Waals surface area (Å²) in [6, 6.07) is 9.05. The quantitative estimate of drug-likeness (QED) is 0.789. The first-order valence-corrected chi connectivity index (χ1v) is 10.6. The molecule has 5 nitrogen and oxygen atoms in total. The van der Waals surface area contributed by atoms with Crippen LogP contribution in [0.3, 0.4) is 0 Å². The molecule has 0 radical (unpaired) electrons. The molecular formula is C19H22ClFN2O3S. The van der Waals surface area contributed by atoms with Crippen molar-refractivity contribution in [1.82, 2.24) is 9.62 Å². The fraction of sp³-hybridized carbons (Fsp3) is 0.368. The van der Waals surface area contributed by atoms with Crippen LogP contribution in [0, 0.1) is 12.7 Å². The lowest BCUT2D eigenvalue weighted by atomic mass is 10.1. The maximum absolute atomic E-state index is 13.6. The maximum atomic E-state index is 13.6. The first-order valence-electron chi connectivity index (χ1n) is 8.73. The van der Waals surface area contributed by atoms with Gasteiger partial charge in [-0.2, -0.15) is 0 Å². The average Bonchev–Trinajstić information content (AvgIpc) is 2.58. The Labute approximate surface area is 163 Å². The Morgan fingerprint density at radius 3 is 2.85 bits per heavy atom. The Hall–Kier alpha value is -1.67. The summed E-state index contributed by atoms with van der Waals surface area (Å²) < 4.78 is 41.7. The lowest BCUT2D eigenvalue weighted by molar-refractivity contribution is 0.194. The predicted molar refractivity (Wildman–Crippen MR) is 103 cm³/mol. The number of piperidine rings is 1. The van der Waals surface area contributed by atoms with Crippen molar-refractivity contribution in [2.75, 3.05) is 13.1 Å². The number of halogens is 2. The summed E-state index contributed by atoms with van der Waals surface area (Å²) in [5, 5.41) is 9.47. The molecule has 1 aliphatic heterocycles. The van der Waals surface area contributed by atoms with Crippen LogP contribution in [-0.4, -0.2) is 37.6 Å². The number of phenols is 1. The summed E-state index contributed by atoms with van der Waals surface area (Å²) in [4.78, 5) is 2.04. The molecule has 0 aromatic heterocycles. The summed E-state index contributed by atoms with van der Waals surface area (Å²) in [6.07, 6.45) is 1.57. The van der Waals surface area contributed by atoms with E-state index in [0.29, 0.717) is 19.5 Å². The zero-order valence-electron chi connectivity index (χ0n) is 15.0. The number of hydrogen-bond acceptors (Lipinski definition) is 4. The van der Waals surface area contributed by atoms with Gasteiger partial charge >= 0.3 is 0 Å². The van der Waals surface area contributed by atoms with Crippen molar-refractivity contribution >= 4 is 21.6 Å². The molecule has 0 bridgehead atoms. The fourth-order valence-corrected chi connectivity index (χ4v) is 5.19. The Balaban J connectivity index is 1.70. The standard InChI is InChI=1S/C19H22ClFN2O3S/c1-13-8-19(17(20)10-18(13)21)27(25,26)22-15-5-3-7-23(12-15)11-14-4-2-6-16(24)9-14/h2,4,6,8-10,15,22,24H,3,5,7,11-12H2,1H3. The van der Waals surface area contributed by atoms with E-state index in [2.05, 4.69) is 9.62 Å². The fourth-order valence-electron chi connectivity index (χ4n) is 3.33. The van der Waals surface area contributed by atoms with Crippen LogP contribution < -0.4 is 4.72 Å². The molecule has 3 rings (SSSR count). The molecule has 0 amide bonds. The highest BCUT2D eigenvalue weighted by atomic mass is 35.5. The van der Waals surface area contributed by atoms with E-state index in [0.717, 1.165) is 24.6 Å². The predicted octanol–water partition coefficient (Wildman–Crippen LogP) is 3.44. The molecular weight excluding hydrogens is 391 g/mol. The molecule has 1 fully saturated rings. The number of likely N-dealkylation sites (tertiary alicyclic amines) is 1. The minimum atomic E-state index is -3.85. The lowest BCUT2D eigenvalue weighted by Gasteiger charge is -2.33. The number of nitrogens with one attached hydrogen (secondary N) is 1. The highest BCUT2D eigenvalue weighted by Gasteiger charge is 2.27. The average molecular weight is 413 g/mol. The molecule has 0 aliphatic carbocycles. The monoisotopic (exact) mass is 412 g/mol. The van der Waals surface area contributed by atoms with E-state index in [9.17, 15) is 17.9 Å². The highest BCUT2D eigenvalue weighted by molar-refractivity contribution is 7.89. The first-order chi connectivity index (χ1) is 12.7. The lowest BCUT2D eigenvalue weighted by Crippen LogP contribution is -2.47. The van der Waals surface area contributed by atoms with E-state index in [1.165, 1.54) is 13.0 Å². The van der Waals surface area contributed by atoms with Crippen molar-refractivity contribution in [2.45, 2.75) is 37.2 Å². The first kappa shape index (κ1) is 20.1. The van der Waals surface area contributed by atoms with Crippen LogP contribution in [0.5, 0.6) is 5.75 Å². The van der Waals surface area contributed by atoms with Gasteiger partial charge in [-0.3, -0.25) is 4.90 Å². The van der Waals surface area contributed by atoms with Crippen molar-refractivity contribution < 1.29 is 17.9 Å². The van der Waals surface area contributed by atoms with Gasteiger partial charge in [-0.25, -0.2) is 17.5 Å². The van der Waals surface area contributed by atoms with E-state index >= 15 is 0 Å². The van der Waals surface area contributed by atoms with E-state index in [-0.39, 0.29) is 27.3 Å². The molecule has 1 heterocycles. The highest BCUT2D eigenvalue weighted by Crippen LogP contribution is 2.26. The number of aromatic hydroxyl groups is 1. The van der Waals surface area contributed by atoms with Gasteiger partial charge in [0, 0.05) is 19.1 Å². The van der Waals surface area contributed by atoms with Gasteiger partial charge in [-0.05, 0) is 61.7 Å². The van der Waals surface area contributed by atoms with E-state index in [1.807, 2.05) is 6.07 Å². The van der Waals surface area contributed by atoms with E-state index in [1.54, 1.807) is 18.2 Å². The molecule has 0 spiro atoms. The summed E-state index contributed by atoms with van der Waals surface area (Å²) >= 11 is 5.96. The third kappa shape index (κ3) is 4.99. The molecule has 146 valence electrons. The summed E-state index contributed by atoms with van der Waals surface area (Å²) in [5.74, 6) is -0.322. The second-order valence-corrected chi connectivity index (χ2v) is 8.99. The van der Waals surface area contributed by atoms with Crippen LogP contribution in [0.1, 0.15) is 24.0 Å². The number of rotatable bonds is 5. The Morgan fingerprint density at radius 2 is 2.11 bits per heavy atom. The molecule has 1 aliphatic rings. The number of nitrogens with zero attached hydrogens (tertiary/aromatic N) is 1. The minimum absolute atomic E-state index is 0.104. The van der Waals surface area contributed by atoms with Gasteiger partial charge in [0.15, 0.2) is 0 Å². The van der Waals surface area contributed by atoms with E-state index in [4.69, 9.17) is 11.6 Å². The summed E-state index contributed by atoms with van der Waals surface area (Å²) in [6.45, 7) is 3.53.